The van der Waals surface area contributed by atoms with Crippen LogP contribution in [0, 0.1) is 0 Å². The summed E-state index contributed by atoms with van der Waals surface area (Å²) in [6.07, 6.45) is 4.25. The normalized spacial score (nSPS) is 12.1. The number of ether oxygens (including phenoxy) is 1. The lowest BCUT2D eigenvalue weighted by atomic mass is 10.0. The molecule has 4 nitrogen and oxygen atoms in total. The maximum atomic E-state index is 11.8. The van der Waals surface area contributed by atoms with Crippen molar-refractivity contribution in [1.29, 1.82) is 0 Å². The summed E-state index contributed by atoms with van der Waals surface area (Å²) in [5.74, 6) is -0.396. The number of aliphatic hydroxyl groups excluding tert-OH is 1. The van der Waals surface area contributed by atoms with Gasteiger partial charge in [-0.15, -0.1) is 0 Å². The fraction of sp³-hybridized carbons (Fsp3) is 0.130. The highest BCUT2D eigenvalue weighted by atomic mass is 16.5. The van der Waals surface area contributed by atoms with E-state index in [9.17, 15) is 9.90 Å². The molecule has 0 saturated carbocycles. The van der Waals surface area contributed by atoms with Crippen molar-refractivity contribution in [2.75, 3.05) is 0 Å². The number of aromatic nitrogens is 1. The first-order chi connectivity index (χ1) is 13.1. The highest BCUT2D eigenvalue weighted by molar-refractivity contribution is 5.87. The molecular weight excluding hydrogens is 338 g/mol. The second kappa shape index (κ2) is 8.92. The first-order valence-corrected chi connectivity index (χ1v) is 8.75. The van der Waals surface area contributed by atoms with E-state index < -0.39 is 12.1 Å². The Morgan fingerprint density at radius 2 is 1.93 bits per heavy atom. The van der Waals surface area contributed by atoms with Crippen LogP contribution in [0.3, 0.4) is 0 Å². The average Bonchev–Trinajstić information content (AvgIpc) is 2.72. The van der Waals surface area contributed by atoms with Crippen molar-refractivity contribution in [3.05, 3.63) is 95.7 Å². The molecule has 3 rings (SSSR count). The molecular formula is C23H21NO3. The van der Waals surface area contributed by atoms with E-state index in [-0.39, 0.29) is 6.61 Å². The maximum Gasteiger partial charge on any atom is 0.331 e. The highest BCUT2D eigenvalue weighted by Crippen LogP contribution is 2.22. The molecule has 136 valence electrons. The van der Waals surface area contributed by atoms with E-state index in [1.54, 1.807) is 19.2 Å². The molecule has 2 aromatic carbocycles. The number of pyridine rings is 1. The Kier molecular flexibility index (Phi) is 6.13. The standard InChI is InChI=1S/C23H21NO3/c1-17(25)20-8-5-9-21(14-20)22-12-10-18(15-24-22)11-13-23(26)27-16-19-6-3-2-4-7-19/h2-15,17,25H,16H2,1H3/t17-/m1/s1. The monoisotopic (exact) mass is 359 g/mol. The van der Waals surface area contributed by atoms with E-state index in [1.165, 1.54) is 6.08 Å². The molecule has 0 fully saturated rings. The van der Waals surface area contributed by atoms with Crippen LogP contribution in [0.25, 0.3) is 17.3 Å². The summed E-state index contributed by atoms with van der Waals surface area (Å²) in [5, 5.41) is 9.70. The van der Waals surface area contributed by atoms with Crippen LogP contribution in [0.5, 0.6) is 0 Å². The molecule has 0 aliphatic carbocycles. The molecule has 4 heteroatoms. The molecule has 1 aromatic heterocycles. The fourth-order valence-corrected chi connectivity index (χ4v) is 2.57. The second-order valence-electron chi connectivity index (χ2n) is 6.20. The van der Waals surface area contributed by atoms with Gasteiger partial charge in [0.1, 0.15) is 6.61 Å². The first-order valence-electron chi connectivity index (χ1n) is 8.75. The third-order valence-corrected chi connectivity index (χ3v) is 4.09. The minimum absolute atomic E-state index is 0.251. The lowest BCUT2D eigenvalue weighted by Crippen LogP contribution is -2.00. The summed E-state index contributed by atoms with van der Waals surface area (Å²) in [7, 11) is 0. The van der Waals surface area contributed by atoms with Gasteiger partial charge in [-0.05, 0) is 41.8 Å². The quantitative estimate of drug-likeness (QED) is 0.518. The molecule has 0 radical (unpaired) electrons. The van der Waals surface area contributed by atoms with Gasteiger partial charge >= 0.3 is 5.97 Å². The summed E-state index contributed by atoms with van der Waals surface area (Å²) >= 11 is 0. The van der Waals surface area contributed by atoms with E-state index in [1.807, 2.05) is 66.7 Å². The molecule has 0 spiro atoms. The summed E-state index contributed by atoms with van der Waals surface area (Å²) in [5.41, 5.74) is 4.35. The molecule has 3 aromatic rings. The van der Waals surface area contributed by atoms with Crippen molar-refractivity contribution in [1.82, 2.24) is 4.98 Å². The zero-order valence-electron chi connectivity index (χ0n) is 15.1. The number of carbonyl (C=O) groups is 1. The zero-order valence-corrected chi connectivity index (χ0v) is 15.1. The average molecular weight is 359 g/mol. The molecule has 0 saturated heterocycles. The van der Waals surface area contributed by atoms with Crippen LogP contribution in [-0.2, 0) is 16.1 Å². The molecule has 0 unspecified atom stereocenters. The highest BCUT2D eigenvalue weighted by Gasteiger charge is 2.04. The zero-order chi connectivity index (χ0) is 19.1. The summed E-state index contributed by atoms with van der Waals surface area (Å²) in [6, 6.07) is 21.0. The molecule has 0 bridgehead atoms. The fourth-order valence-electron chi connectivity index (χ4n) is 2.57. The van der Waals surface area contributed by atoms with Crippen LogP contribution in [0.2, 0.25) is 0 Å². The van der Waals surface area contributed by atoms with Crippen molar-refractivity contribution in [3.8, 4) is 11.3 Å². The number of hydrogen-bond acceptors (Lipinski definition) is 4. The number of esters is 1. The van der Waals surface area contributed by atoms with E-state index in [4.69, 9.17) is 4.74 Å². The number of hydrogen-bond donors (Lipinski definition) is 1. The van der Waals surface area contributed by atoms with E-state index in [0.29, 0.717) is 0 Å². The maximum absolute atomic E-state index is 11.8. The van der Waals surface area contributed by atoms with Crippen LogP contribution < -0.4 is 0 Å². The number of aliphatic hydroxyl groups is 1. The van der Waals surface area contributed by atoms with Gasteiger partial charge in [-0.25, -0.2) is 4.79 Å². The Morgan fingerprint density at radius 3 is 2.63 bits per heavy atom. The lowest BCUT2D eigenvalue weighted by molar-refractivity contribution is -0.138. The van der Waals surface area contributed by atoms with Gasteiger partial charge in [0.05, 0.1) is 11.8 Å². The minimum Gasteiger partial charge on any atom is -0.458 e. The van der Waals surface area contributed by atoms with Gasteiger partial charge in [0.15, 0.2) is 0 Å². The van der Waals surface area contributed by atoms with Crippen LogP contribution >= 0.6 is 0 Å². The summed E-state index contributed by atoms with van der Waals surface area (Å²) in [6.45, 7) is 1.98. The smallest absolute Gasteiger partial charge is 0.331 e. The Labute approximate surface area is 158 Å². The van der Waals surface area contributed by atoms with Crippen LogP contribution in [0.1, 0.15) is 29.7 Å². The molecule has 0 aliphatic rings. The van der Waals surface area contributed by atoms with Crippen molar-refractivity contribution in [2.45, 2.75) is 19.6 Å². The number of rotatable bonds is 6. The van der Waals surface area contributed by atoms with E-state index in [2.05, 4.69) is 4.98 Å². The summed E-state index contributed by atoms with van der Waals surface area (Å²) < 4.78 is 5.21. The van der Waals surface area contributed by atoms with Gasteiger partial charge in [0.2, 0.25) is 0 Å². The molecule has 1 N–H and O–H groups in total. The first kappa shape index (κ1) is 18.5. The van der Waals surface area contributed by atoms with E-state index in [0.717, 1.165) is 27.9 Å². The minimum atomic E-state index is -0.519. The van der Waals surface area contributed by atoms with Crippen LogP contribution in [-0.4, -0.2) is 16.1 Å². The van der Waals surface area contributed by atoms with Gasteiger partial charge in [0, 0.05) is 17.8 Å². The van der Waals surface area contributed by atoms with Gasteiger partial charge in [-0.2, -0.15) is 0 Å². The molecule has 0 aliphatic heterocycles. The molecule has 1 atom stereocenters. The molecule has 0 amide bonds. The molecule has 27 heavy (non-hydrogen) atoms. The van der Waals surface area contributed by atoms with Crippen LogP contribution in [0.15, 0.2) is 79.0 Å². The predicted molar refractivity (Wildman–Crippen MR) is 106 cm³/mol. The van der Waals surface area contributed by atoms with Gasteiger partial charge in [-0.3, -0.25) is 4.98 Å². The van der Waals surface area contributed by atoms with Crippen molar-refractivity contribution < 1.29 is 14.6 Å². The number of carbonyl (C=O) groups excluding carboxylic acids is 1. The second-order valence-corrected chi connectivity index (χ2v) is 6.20. The summed E-state index contributed by atoms with van der Waals surface area (Å²) in [4.78, 5) is 16.3. The number of nitrogens with zero attached hydrogens (tertiary/aromatic N) is 1. The van der Waals surface area contributed by atoms with Gasteiger partial charge in [0.25, 0.3) is 0 Å². The van der Waals surface area contributed by atoms with Gasteiger partial charge in [-0.1, -0.05) is 54.6 Å². The lowest BCUT2D eigenvalue weighted by Gasteiger charge is -2.07. The SMILES string of the molecule is C[C@@H](O)c1cccc(-c2ccc(C=CC(=O)OCc3ccccc3)cn2)c1. The largest absolute Gasteiger partial charge is 0.458 e. The Balaban J connectivity index is 1.61. The van der Waals surface area contributed by atoms with Gasteiger partial charge < -0.3 is 9.84 Å². The third kappa shape index (κ3) is 5.36. The topological polar surface area (TPSA) is 59.4 Å². The third-order valence-electron chi connectivity index (χ3n) is 4.09. The molecule has 1 heterocycles. The Morgan fingerprint density at radius 1 is 1.11 bits per heavy atom. The van der Waals surface area contributed by atoms with Crippen molar-refractivity contribution in [3.63, 3.8) is 0 Å². The Bertz CT molecular complexity index is 916. The van der Waals surface area contributed by atoms with Crippen molar-refractivity contribution in [2.24, 2.45) is 0 Å². The van der Waals surface area contributed by atoms with E-state index >= 15 is 0 Å². The predicted octanol–water partition coefficient (Wildman–Crippen LogP) is 4.56. The number of benzene rings is 2. The van der Waals surface area contributed by atoms with Crippen molar-refractivity contribution >= 4 is 12.0 Å². The van der Waals surface area contributed by atoms with Crippen LogP contribution in [0.4, 0.5) is 0 Å². The Hall–Kier alpha value is -3.24.